The second kappa shape index (κ2) is 48.6. The largest absolute Gasteiger partial charge is 0.466 e. The van der Waals surface area contributed by atoms with Gasteiger partial charge in [-0.3, -0.25) is 19.2 Å². The number of nitrogens with one attached hydrogen (secondary N) is 3. The van der Waals surface area contributed by atoms with Gasteiger partial charge in [0.05, 0.1) is 91.1 Å². The van der Waals surface area contributed by atoms with Gasteiger partial charge >= 0.3 is 18.0 Å². The van der Waals surface area contributed by atoms with Crippen LogP contribution in [0.2, 0.25) is 0 Å². The normalized spacial score (nSPS) is 12.1. The van der Waals surface area contributed by atoms with E-state index >= 15 is 0 Å². The Morgan fingerprint density at radius 1 is 0.415 bits per heavy atom. The monoisotopic (exact) mass is 1330 g/mol. The van der Waals surface area contributed by atoms with Crippen LogP contribution in [0.4, 0.5) is 4.79 Å². The van der Waals surface area contributed by atoms with Crippen LogP contribution in [0, 0.1) is 0 Å². The van der Waals surface area contributed by atoms with Gasteiger partial charge in [0.2, 0.25) is 11.8 Å². The smallest absolute Gasteiger partial charge is 0.406 e. The third-order valence-corrected chi connectivity index (χ3v) is 16.8. The lowest BCUT2D eigenvalue weighted by atomic mass is 9.66. The highest BCUT2D eigenvalue weighted by atomic mass is 32.2. The summed E-state index contributed by atoms with van der Waals surface area (Å²) in [5.41, 5.74) is 6.12. The van der Waals surface area contributed by atoms with Crippen LogP contribution < -0.4 is 16.0 Å². The topological polar surface area (TPSA) is 216 Å². The number of carbonyl (C=O) groups is 5. The minimum Gasteiger partial charge on any atom is -0.466 e. The summed E-state index contributed by atoms with van der Waals surface area (Å²) in [6, 6.07) is 62.6. The number of amides is 3. The van der Waals surface area contributed by atoms with Gasteiger partial charge < -0.3 is 59.0 Å². The third kappa shape index (κ3) is 30.6. The van der Waals surface area contributed by atoms with Crippen molar-refractivity contribution in [1.29, 1.82) is 0 Å². The van der Waals surface area contributed by atoms with Crippen molar-refractivity contribution in [1.82, 2.24) is 16.0 Å². The third-order valence-electron chi connectivity index (χ3n) is 14.9. The van der Waals surface area contributed by atoms with Crippen LogP contribution in [0.3, 0.4) is 0 Å². The van der Waals surface area contributed by atoms with Crippen LogP contribution in [-0.4, -0.2) is 169 Å². The van der Waals surface area contributed by atoms with Crippen molar-refractivity contribution in [2.45, 2.75) is 102 Å². The molecule has 3 unspecified atom stereocenters. The first-order chi connectivity index (χ1) is 45.8. The molecular weight excluding hydrogens is 1230 g/mol. The number of carbonyl (C=O) groups excluding carboxylic acids is 5. The number of benzene rings is 6. The van der Waals surface area contributed by atoms with Gasteiger partial charge in [0.25, 0.3) is 0 Å². The number of methoxy groups -OCH3 is 1. The van der Waals surface area contributed by atoms with Crippen molar-refractivity contribution in [3.8, 4) is 0 Å². The first kappa shape index (κ1) is 79.4. The maximum Gasteiger partial charge on any atom is 0.406 e. The fraction of sp³-hybridized carbons (Fsp3) is 0.453. The molecule has 4 N–H and O–H groups in total. The first-order valence-corrected chi connectivity index (χ1v) is 34.9. The van der Waals surface area contributed by atoms with Gasteiger partial charge in [-0.05, 0) is 80.8 Å². The first-order valence-electron chi connectivity index (χ1n) is 32.6. The molecule has 0 bridgehead atoms. The quantitative estimate of drug-likeness (QED) is 0.0121. The number of hydrogen-bond acceptors (Lipinski definition) is 16. The Balaban J connectivity index is 0.000000382. The van der Waals surface area contributed by atoms with Gasteiger partial charge in [-0.25, -0.2) is 4.79 Å². The van der Waals surface area contributed by atoms with E-state index < -0.39 is 16.9 Å². The van der Waals surface area contributed by atoms with E-state index in [4.69, 9.17) is 38.3 Å². The van der Waals surface area contributed by atoms with E-state index in [9.17, 15) is 24.0 Å². The average molecular weight is 1330 g/mol. The Hall–Kier alpha value is -7.07. The molecule has 3 amide bonds. The van der Waals surface area contributed by atoms with Gasteiger partial charge in [0.1, 0.15) is 6.61 Å². The second-order valence-corrected chi connectivity index (χ2v) is 24.3. The summed E-state index contributed by atoms with van der Waals surface area (Å²) < 4.78 is 42.6. The van der Waals surface area contributed by atoms with Crippen molar-refractivity contribution in [2.24, 2.45) is 0 Å². The zero-order valence-electron chi connectivity index (χ0n) is 55.9. The number of aliphatic hydroxyl groups excluding tert-OH is 1. The molecule has 0 aromatic heterocycles. The number of hydrogen-bond donors (Lipinski definition) is 4. The van der Waals surface area contributed by atoms with E-state index in [1.165, 1.54) is 23.8 Å². The summed E-state index contributed by atoms with van der Waals surface area (Å²) in [5.74, 6) is 2.44. The molecule has 0 aliphatic heterocycles. The molecule has 19 heteroatoms. The Kier molecular flexibility index (Phi) is 41.0. The number of aliphatic hydroxyl groups is 1. The van der Waals surface area contributed by atoms with Crippen molar-refractivity contribution in [3.05, 3.63) is 215 Å². The zero-order valence-corrected chi connectivity index (χ0v) is 57.5. The predicted octanol–water partition coefficient (Wildman–Crippen LogP) is 11.8. The van der Waals surface area contributed by atoms with Crippen LogP contribution in [0.25, 0.3) is 0 Å². The van der Waals surface area contributed by atoms with Crippen LogP contribution in [0.5, 0.6) is 0 Å². The number of esters is 2. The molecule has 0 spiro atoms. The van der Waals surface area contributed by atoms with Crippen molar-refractivity contribution < 1.29 is 67.0 Å². The van der Waals surface area contributed by atoms with Crippen LogP contribution in [0.15, 0.2) is 182 Å². The van der Waals surface area contributed by atoms with Crippen LogP contribution in [-0.2, 0) is 67.9 Å². The molecule has 512 valence electrons. The van der Waals surface area contributed by atoms with Gasteiger partial charge in [-0.1, -0.05) is 182 Å². The number of thioether (sulfide) groups is 2. The SMILES string of the molecule is CCOC(=O)CCSCCNC(=O)CCC(c1ccccc1)(c1ccccc1)c1ccccc1.CCOCCOC(C)COC(C)COC(C)COCCOC(=O)CCSCCNC(=O)CCC(c1ccccc1)(c1ccccc1)c1ccccc1.COC(=O)NCCO. The zero-order chi connectivity index (χ0) is 67.8. The summed E-state index contributed by atoms with van der Waals surface area (Å²) in [6.45, 7) is 15.0. The molecular formula is C75H101N3O14S2. The Morgan fingerprint density at radius 2 is 0.777 bits per heavy atom. The molecule has 6 aromatic rings. The van der Waals surface area contributed by atoms with Crippen molar-refractivity contribution >= 4 is 53.4 Å². The van der Waals surface area contributed by atoms with E-state index in [0.29, 0.717) is 122 Å². The Bertz CT molecular complexity index is 2750. The fourth-order valence-corrected chi connectivity index (χ4v) is 11.7. The predicted molar refractivity (Wildman–Crippen MR) is 375 cm³/mol. The summed E-state index contributed by atoms with van der Waals surface area (Å²) in [7, 11) is 1.27. The standard InChI is InChI=1S/C42H59NO8S.C29H33NO3S.C4H9NO3/c1-5-46-25-27-48-35(3)32-51-36(4)33-50-34(2)31-47-26-28-49-41(45)22-29-52-30-24-43-40(44)21-23-42(37-15-9-6-10-16-37,38-17-11-7-12-18-38)39-19-13-8-14-20-39;1-2-33-28(32)19-22-34-23-21-30-27(31)18-20-29(24-12-6-3-7-13-24,25-14-8-4-9-15-25)26-16-10-5-11-17-26;1-8-4(7)5-2-3-6/h6-20,34-36H,5,21-33H2,1-4H3,(H,43,44);3-17H,2,18-23H2,1H3,(H,30,31);6H,2-3H2,1H3,(H,5,7). The Labute approximate surface area is 566 Å². The second-order valence-electron chi connectivity index (χ2n) is 21.8. The minimum atomic E-state index is -0.515. The summed E-state index contributed by atoms with van der Waals surface area (Å²) >= 11 is 3.27. The molecule has 0 aliphatic rings. The molecule has 0 saturated heterocycles. The summed E-state index contributed by atoms with van der Waals surface area (Å²) in [5, 5.41) is 16.5. The lowest BCUT2D eigenvalue weighted by Gasteiger charge is -2.36. The molecule has 0 fully saturated rings. The van der Waals surface area contributed by atoms with Crippen molar-refractivity contribution in [3.63, 3.8) is 0 Å². The molecule has 0 radical (unpaired) electrons. The number of rotatable bonds is 43. The highest BCUT2D eigenvalue weighted by Crippen LogP contribution is 2.44. The van der Waals surface area contributed by atoms with Gasteiger partial charge in [0, 0.05) is 72.9 Å². The average Bonchev–Trinajstić information content (AvgIpc) is 0.793. The molecule has 0 heterocycles. The Morgan fingerprint density at radius 3 is 1.14 bits per heavy atom. The fourth-order valence-electron chi connectivity index (χ4n) is 10.2. The maximum absolute atomic E-state index is 13.1. The molecule has 0 aliphatic carbocycles. The van der Waals surface area contributed by atoms with Crippen LogP contribution in [0.1, 0.15) is 107 Å². The number of ether oxygens (including phenoxy) is 8. The highest BCUT2D eigenvalue weighted by Gasteiger charge is 2.38. The maximum atomic E-state index is 13.1. The van der Waals surface area contributed by atoms with E-state index in [-0.39, 0.29) is 61.8 Å². The van der Waals surface area contributed by atoms with E-state index in [0.717, 1.165) is 22.4 Å². The van der Waals surface area contributed by atoms with Crippen LogP contribution >= 0.6 is 23.5 Å². The summed E-state index contributed by atoms with van der Waals surface area (Å²) in [6.07, 6.45) is 2.07. The molecule has 6 aromatic carbocycles. The van der Waals surface area contributed by atoms with E-state index in [2.05, 4.69) is 166 Å². The minimum absolute atomic E-state index is 0.0124. The highest BCUT2D eigenvalue weighted by molar-refractivity contribution is 7.99. The van der Waals surface area contributed by atoms with E-state index in [1.54, 1.807) is 23.5 Å². The van der Waals surface area contributed by atoms with Gasteiger partial charge in [-0.15, -0.1) is 0 Å². The lowest BCUT2D eigenvalue weighted by molar-refractivity contribution is -0.145. The molecule has 3 atom stereocenters. The molecule has 6 rings (SSSR count). The van der Waals surface area contributed by atoms with Crippen molar-refractivity contribution in [2.75, 3.05) is 116 Å². The van der Waals surface area contributed by atoms with Gasteiger partial charge in [-0.2, -0.15) is 23.5 Å². The number of alkyl carbamates (subject to hydrolysis) is 1. The lowest BCUT2D eigenvalue weighted by Crippen LogP contribution is -2.33. The van der Waals surface area contributed by atoms with E-state index in [1.807, 2.05) is 71.0 Å². The summed E-state index contributed by atoms with van der Waals surface area (Å²) in [4.78, 5) is 59.6. The molecule has 17 nitrogen and oxygen atoms in total. The molecule has 94 heavy (non-hydrogen) atoms. The van der Waals surface area contributed by atoms with Gasteiger partial charge in [0.15, 0.2) is 0 Å². The molecule has 0 saturated carbocycles.